The summed E-state index contributed by atoms with van der Waals surface area (Å²) in [7, 11) is -4.33. The molecular formula is C34H34ClN5O9S. The smallest absolute Gasteiger partial charge is 0.352 e. The number of carbonyl (C=O) groups is 4. The van der Waals surface area contributed by atoms with Crippen molar-refractivity contribution in [2.45, 2.75) is 51.7 Å². The lowest BCUT2D eigenvalue weighted by Gasteiger charge is -2.16. The maximum atomic E-state index is 13.3. The van der Waals surface area contributed by atoms with Crippen molar-refractivity contribution in [1.29, 1.82) is 0 Å². The molecule has 1 unspecified atom stereocenters. The number of nitrogens with one attached hydrogen (secondary N) is 4. The van der Waals surface area contributed by atoms with E-state index in [1.54, 1.807) is 38.1 Å². The number of carbonyl (C=O) groups excluding carboxylic acids is 4. The van der Waals surface area contributed by atoms with Crippen molar-refractivity contribution in [3.63, 3.8) is 0 Å². The van der Waals surface area contributed by atoms with Gasteiger partial charge in [-0.15, -0.1) is 0 Å². The summed E-state index contributed by atoms with van der Waals surface area (Å²) in [6.45, 7) is 7.43. The van der Waals surface area contributed by atoms with Crippen LogP contribution in [0.2, 0.25) is 5.02 Å². The molecule has 6 N–H and O–H groups in total. The number of primary sulfonamides is 1. The SMILES string of the molecule is CCCNC(=O)c1c(C)[nH]c(/C=C2\C(=O)Nc3ccc(OC(=O)C(C)OC(=O)c4cc(S(N)(=O)=O)c(Cl)cc4NCc4ccco4)cc32)c1C. The normalized spacial score (nSPS) is 13.8. The molecule has 50 heavy (non-hydrogen) atoms. The van der Waals surface area contributed by atoms with E-state index in [2.05, 4.69) is 20.9 Å². The second-order valence-electron chi connectivity index (χ2n) is 11.4. The minimum absolute atomic E-state index is 0.0573. The zero-order chi connectivity index (χ0) is 36.3. The van der Waals surface area contributed by atoms with Crippen LogP contribution in [0.25, 0.3) is 11.6 Å². The molecule has 2 amide bonds. The van der Waals surface area contributed by atoms with E-state index in [9.17, 15) is 27.6 Å². The first-order chi connectivity index (χ1) is 23.7. The summed E-state index contributed by atoms with van der Waals surface area (Å²) in [4.78, 5) is 54.7. The van der Waals surface area contributed by atoms with Crippen molar-refractivity contribution in [1.82, 2.24) is 10.3 Å². The average molecular weight is 724 g/mol. The highest BCUT2D eigenvalue weighted by atomic mass is 35.5. The van der Waals surface area contributed by atoms with Crippen LogP contribution in [0.15, 0.2) is 58.0 Å². The van der Waals surface area contributed by atoms with Crippen LogP contribution in [-0.2, 0) is 30.9 Å². The standard InChI is InChI=1S/C34H34ClN5O9S/c1-5-10-37-32(42)30-17(2)27(39-18(30)3)13-23-22-12-20(8-9-26(22)40-31(23)41)49-33(43)19(4)48-34(44)24-14-29(50(36,45)46)25(35)15-28(24)38-16-21-7-6-11-47-21/h6-9,11-15,19,38-39H,5,10,16H2,1-4H3,(H,37,42)(H,40,41)(H2,36,45,46)/b23-13-. The van der Waals surface area contributed by atoms with Gasteiger partial charge in [-0.05, 0) is 81.3 Å². The summed E-state index contributed by atoms with van der Waals surface area (Å²) < 4.78 is 40.4. The number of hydrogen-bond donors (Lipinski definition) is 5. The summed E-state index contributed by atoms with van der Waals surface area (Å²) in [5.74, 6) is -2.06. The number of amides is 2. The zero-order valence-corrected chi connectivity index (χ0v) is 29.0. The van der Waals surface area contributed by atoms with Gasteiger partial charge in [0.15, 0.2) is 6.10 Å². The highest BCUT2D eigenvalue weighted by Crippen LogP contribution is 2.37. The average Bonchev–Trinajstić information content (AvgIpc) is 3.76. The molecule has 0 spiro atoms. The molecule has 1 aliphatic heterocycles. The van der Waals surface area contributed by atoms with Crippen LogP contribution in [0.3, 0.4) is 0 Å². The molecule has 0 fully saturated rings. The minimum atomic E-state index is -4.33. The van der Waals surface area contributed by atoms with Crippen molar-refractivity contribution >= 4 is 68.4 Å². The third-order valence-corrected chi connectivity index (χ3v) is 9.14. The molecule has 0 saturated carbocycles. The minimum Gasteiger partial charge on any atom is -0.467 e. The Balaban J connectivity index is 1.34. The molecule has 262 valence electrons. The number of benzene rings is 2. The zero-order valence-electron chi connectivity index (χ0n) is 27.4. The lowest BCUT2D eigenvalue weighted by atomic mass is 10.0. The fourth-order valence-corrected chi connectivity index (χ4v) is 6.36. The van der Waals surface area contributed by atoms with Gasteiger partial charge < -0.3 is 34.8 Å². The lowest BCUT2D eigenvalue weighted by Crippen LogP contribution is -2.29. The van der Waals surface area contributed by atoms with Gasteiger partial charge in [-0.2, -0.15) is 0 Å². The van der Waals surface area contributed by atoms with Gasteiger partial charge in [0.1, 0.15) is 16.4 Å². The number of sulfonamides is 1. The van der Waals surface area contributed by atoms with E-state index in [1.165, 1.54) is 31.4 Å². The van der Waals surface area contributed by atoms with Crippen molar-refractivity contribution in [2.75, 3.05) is 17.2 Å². The molecule has 0 aliphatic carbocycles. The van der Waals surface area contributed by atoms with Crippen LogP contribution in [0.4, 0.5) is 11.4 Å². The second-order valence-corrected chi connectivity index (χ2v) is 13.4. The molecule has 3 heterocycles. The van der Waals surface area contributed by atoms with E-state index in [0.29, 0.717) is 46.1 Å². The molecule has 4 aromatic rings. The number of ether oxygens (including phenoxy) is 2. The van der Waals surface area contributed by atoms with Crippen LogP contribution >= 0.6 is 11.6 Å². The Morgan fingerprint density at radius 3 is 2.58 bits per heavy atom. The van der Waals surface area contributed by atoms with Gasteiger partial charge in [0.25, 0.3) is 11.8 Å². The van der Waals surface area contributed by atoms with E-state index >= 15 is 0 Å². The molecular weight excluding hydrogens is 690 g/mol. The van der Waals surface area contributed by atoms with Gasteiger partial charge in [0.05, 0.1) is 40.2 Å². The fourth-order valence-electron chi connectivity index (χ4n) is 5.26. The highest BCUT2D eigenvalue weighted by Gasteiger charge is 2.29. The summed E-state index contributed by atoms with van der Waals surface area (Å²) in [5.41, 5.74) is 3.40. The second kappa shape index (κ2) is 14.6. The van der Waals surface area contributed by atoms with E-state index in [-0.39, 0.29) is 40.0 Å². The Labute approximate surface area is 292 Å². The number of anilines is 2. The summed E-state index contributed by atoms with van der Waals surface area (Å²) in [6, 6.07) is 10.0. The number of furan rings is 1. The highest BCUT2D eigenvalue weighted by molar-refractivity contribution is 7.89. The molecule has 14 nitrogen and oxygen atoms in total. The topological polar surface area (TPSA) is 212 Å². The molecule has 16 heteroatoms. The molecule has 0 radical (unpaired) electrons. The number of fused-ring (bicyclic) bond motifs is 1. The number of halogens is 1. The molecule has 2 aromatic heterocycles. The monoisotopic (exact) mass is 723 g/mol. The summed E-state index contributed by atoms with van der Waals surface area (Å²) >= 11 is 6.15. The third kappa shape index (κ3) is 7.75. The van der Waals surface area contributed by atoms with Crippen LogP contribution in [0.5, 0.6) is 5.75 Å². The number of esters is 2. The largest absolute Gasteiger partial charge is 0.467 e. The first-order valence-corrected chi connectivity index (χ1v) is 17.3. The first-order valence-electron chi connectivity index (χ1n) is 15.4. The quantitative estimate of drug-likeness (QED) is 0.0756. The number of aryl methyl sites for hydroxylation is 1. The fraction of sp³-hybridized carbons (Fsp3) is 0.235. The Kier molecular flexibility index (Phi) is 10.5. The number of H-pyrrole nitrogens is 1. The number of aromatic nitrogens is 1. The summed E-state index contributed by atoms with van der Waals surface area (Å²) in [5, 5.41) is 13.6. The van der Waals surface area contributed by atoms with Gasteiger partial charge >= 0.3 is 11.9 Å². The van der Waals surface area contributed by atoms with Gasteiger partial charge in [-0.3, -0.25) is 9.59 Å². The van der Waals surface area contributed by atoms with Crippen molar-refractivity contribution in [3.8, 4) is 5.75 Å². The Hall–Kier alpha value is -5.38. The van der Waals surface area contributed by atoms with Gasteiger partial charge in [-0.1, -0.05) is 18.5 Å². The van der Waals surface area contributed by atoms with Crippen molar-refractivity contribution in [3.05, 3.63) is 93.2 Å². The van der Waals surface area contributed by atoms with Gasteiger partial charge in [0, 0.05) is 29.2 Å². The van der Waals surface area contributed by atoms with E-state index in [4.69, 9.17) is 30.6 Å². The predicted octanol–water partition coefficient (Wildman–Crippen LogP) is 4.92. The van der Waals surface area contributed by atoms with E-state index in [0.717, 1.165) is 12.5 Å². The molecule has 2 aromatic carbocycles. The predicted molar refractivity (Wildman–Crippen MR) is 185 cm³/mol. The van der Waals surface area contributed by atoms with Gasteiger partial charge in [0.2, 0.25) is 10.0 Å². The van der Waals surface area contributed by atoms with Crippen LogP contribution in [0.1, 0.15) is 69.3 Å². The summed E-state index contributed by atoms with van der Waals surface area (Å²) in [6.07, 6.45) is 2.40. The van der Waals surface area contributed by atoms with Crippen LogP contribution < -0.4 is 25.8 Å². The number of nitrogens with two attached hydrogens (primary N) is 1. The Morgan fingerprint density at radius 2 is 1.90 bits per heavy atom. The maximum Gasteiger partial charge on any atom is 0.352 e. The van der Waals surface area contributed by atoms with Crippen LogP contribution in [-0.4, -0.2) is 49.8 Å². The lowest BCUT2D eigenvalue weighted by molar-refractivity contribution is -0.143. The van der Waals surface area contributed by atoms with E-state index < -0.39 is 38.9 Å². The van der Waals surface area contributed by atoms with Crippen molar-refractivity contribution in [2.24, 2.45) is 5.14 Å². The number of hydrogen-bond acceptors (Lipinski definition) is 10. The number of aromatic amines is 1. The molecule has 0 saturated heterocycles. The van der Waals surface area contributed by atoms with E-state index in [1.807, 2.05) is 6.92 Å². The Bertz CT molecular complexity index is 2140. The third-order valence-electron chi connectivity index (χ3n) is 7.77. The molecule has 0 bridgehead atoms. The van der Waals surface area contributed by atoms with Gasteiger partial charge in [-0.25, -0.2) is 23.1 Å². The Morgan fingerprint density at radius 1 is 1.14 bits per heavy atom. The number of rotatable bonds is 12. The molecule has 5 rings (SSSR count). The molecule has 1 aliphatic rings. The van der Waals surface area contributed by atoms with Crippen molar-refractivity contribution < 1.29 is 41.5 Å². The maximum absolute atomic E-state index is 13.3. The first kappa shape index (κ1) is 35.9. The van der Waals surface area contributed by atoms with Crippen LogP contribution in [0, 0.1) is 13.8 Å². The molecule has 1 atom stereocenters.